The van der Waals surface area contributed by atoms with Gasteiger partial charge < -0.3 is 10.3 Å². The zero-order valence-corrected chi connectivity index (χ0v) is 17.5. The summed E-state index contributed by atoms with van der Waals surface area (Å²) in [6.45, 7) is 7.87. The summed E-state index contributed by atoms with van der Waals surface area (Å²) in [6.07, 6.45) is 0.864. The molecule has 1 atom stereocenters. The SMILES string of the molecule is CCc1ccccc1NC(=O)[C@@H](C)SCc1nc2sc(C)c(C)c2c(=O)[nH]1. The van der Waals surface area contributed by atoms with Gasteiger partial charge >= 0.3 is 0 Å². The summed E-state index contributed by atoms with van der Waals surface area (Å²) in [5.74, 6) is 1.03. The minimum absolute atomic E-state index is 0.0489. The molecular weight excluding hydrogens is 378 g/mol. The molecule has 7 heteroatoms. The van der Waals surface area contributed by atoms with Gasteiger partial charge in [0.05, 0.1) is 16.4 Å². The van der Waals surface area contributed by atoms with Crippen molar-refractivity contribution in [1.29, 1.82) is 0 Å². The number of aromatic amines is 1. The van der Waals surface area contributed by atoms with Crippen molar-refractivity contribution in [3.63, 3.8) is 0 Å². The van der Waals surface area contributed by atoms with Crippen LogP contribution in [-0.2, 0) is 17.0 Å². The molecule has 3 aromatic rings. The molecule has 0 unspecified atom stereocenters. The molecule has 27 heavy (non-hydrogen) atoms. The third-order valence-electron chi connectivity index (χ3n) is 4.58. The second-order valence-electron chi connectivity index (χ2n) is 6.43. The van der Waals surface area contributed by atoms with Crippen LogP contribution < -0.4 is 10.9 Å². The van der Waals surface area contributed by atoms with Crippen LogP contribution in [0.1, 0.15) is 35.7 Å². The number of aromatic nitrogens is 2. The van der Waals surface area contributed by atoms with Gasteiger partial charge in [0.15, 0.2) is 0 Å². The molecule has 0 saturated carbocycles. The predicted molar refractivity (Wildman–Crippen MR) is 115 cm³/mol. The van der Waals surface area contributed by atoms with Gasteiger partial charge in [-0.3, -0.25) is 9.59 Å². The molecule has 1 aromatic carbocycles. The third kappa shape index (κ3) is 4.25. The topological polar surface area (TPSA) is 74.8 Å². The molecule has 3 rings (SSSR count). The first-order valence-electron chi connectivity index (χ1n) is 8.90. The van der Waals surface area contributed by atoms with Crippen molar-refractivity contribution < 1.29 is 4.79 Å². The number of para-hydroxylation sites is 1. The van der Waals surface area contributed by atoms with Crippen LogP contribution in [-0.4, -0.2) is 21.1 Å². The molecule has 142 valence electrons. The van der Waals surface area contributed by atoms with Gasteiger partial charge in [-0.1, -0.05) is 25.1 Å². The van der Waals surface area contributed by atoms with E-state index in [9.17, 15) is 9.59 Å². The fourth-order valence-corrected chi connectivity index (χ4v) is 4.64. The Balaban J connectivity index is 1.68. The summed E-state index contributed by atoms with van der Waals surface area (Å²) in [6, 6.07) is 7.82. The van der Waals surface area contributed by atoms with Crippen molar-refractivity contribution in [3.05, 3.63) is 56.4 Å². The molecule has 0 aliphatic carbocycles. The number of aryl methyl sites for hydroxylation is 3. The van der Waals surface area contributed by atoms with Crippen LogP contribution in [0.15, 0.2) is 29.1 Å². The van der Waals surface area contributed by atoms with E-state index in [4.69, 9.17) is 0 Å². The van der Waals surface area contributed by atoms with Crippen LogP contribution in [0.25, 0.3) is 10.2 Å². The van der Waals surface area contributed by atoms with E-state index in [1.165, 1.54) is 23.1 Å². The van der Waals surface area contributed by atoms with Crippen LogP contribution in [0.4, 0.5) is 5.69 Å². The average molecular weight is 402 g/mol. The number of carbonyl (C=O) groups excluding carboxylic acids is 1. The standard InChI is InChI=1S/C20H23N3O2S2/c1-5-14-8-6-7-9-15(14)21-18(24)13(4)26-10-16-22-19(25)17-11(2)12(3)27-20(17)23-16/h6-9,13H,5,10H2,1-4H3,(H,21,24)(H,22,23,25)/t13-/m1/s1. The number of nitrogens with zero attached hydrogens (tertiary/aromatic N) is 1. The Labute approximate surface area is 166 Å². The number of nitrogens with one attached hydrogen (secondary N) is 2. The maximum atomic E-state index is 12.5. The zero-order valence-electron chi connectivity index (χ0n) is 15.9. The summed E-state index contributed by atoms with van der Waals surface area (Å²) in [5, 5.41) is 3.41. The van der Waals surface area contributed by atoms with Crippen LogP contribution in [0.5, 0.6) is 0 Å². The van der Waals surface area contributed by atoms with E-state index in [0.29, 0.717) is 17.0 Å². The Morgan fingerprint density at radius 3 is 2.81 bits per heavy atom. The summed E-state index contributed by atoms with van der Waals surface area (Å²) < 4.78 is 0. The number of hydrogen-bond donors (Lipinski definition) is 2. The quantitative estimate of drug-likeness (QED) is 0.641. The number of rotatable bonds is 6. The Morgan fingerprint density at radius 1 is 1.33 bits per heavy atom. The van der Waals surface area contributed by atoms with Crippen molar-refractivity contribution >= 4 is 44.9 Å². The third-order valence-corrected chi connectivity index (χ3v) is 6.84. The van der Waals surface area contributed by atoms with E-state index in [1.807, 2.05) is 45.0 Å². The summed E-state index contributed by atoms with van der Waals surface area (Å²) in [5.41, 5.74) is 2.86. The van der Waals surface area contributed by atoms with Crippen LogP contribution in [0.2, 0.25) is 0 Å². The van der Waals surface area contributed by atoms with Crippen molar-refractivity contribution in [3.8, 4) is 0 Å². The fraction of sp³-hybridized carbons (Fsp3) is 0.350. The second kappa shape index (κ2) is 8.27. The van der Waals surface area contributed by atoms with Gasteiger partial charge in [0.1, 0.15) is 10.7 Å². The molecule has 0 aliphatic rings. The molecule has 0 spiro atoms. The lowest BCUT2D eigenvalue weighted by molar-refractivity contribution is -0.115. The average Bonchev–Trinajstić information content (AvgIpc) is 2.94. The number of benzene rings is 1. The molecule has 2 heterocycles. The minimum Gasteiger partial charge on any atom is -0.325 e. The molecule has 1 amide bonds. The maximum Gasteiger partial charge on any atom is 0.259 e. The molecule has 0 saturated heterocycles. The molecule has 0 fully saturated rings. The largest absolute Gasteiger partial charge is 0.325 e. The van der Waals surface area contributed by atoms with Gasteiger partial charge in [-0.05, 0) is 44.4 Å². The fourth-order valence-electron chi connectivity index (χ4n) is 2.83. The summed E-state index contributed by atoms with van der Waals surface area (Å²) >= 11 is 2.99. The van der Waals surface area contributed by atoms with Crippen molar-refractivity contribution in [2.75, 3.05) is 5.32 Å². The first-order chi connectivity index (χ1) is 12.9. The van der Waals surface area contributed by atoms with Crippen LogP contribution in [0.3, 0.4) is 0 Å². The first kappa shape index (κ1) is 19.6. The number of anilines is 1. The predicted octanol–water partition coefficient (Wildman–Crippen LogP) is 4.42. The van der Waals surface area contributed by atoms with Gasteiger partial charge in [-0.25, -0.2) is 4.98 Å². The lowest BCUT2D eigenvalue weighted by atomic mass is 10.1. The van der Waals surface area contributed by atoms with E-state index in [0.717, 1.165) is 32.9 Å². The number of H-pyrrole nitrogens is 1. The van der Waals surface area contributed by atoms with Gasteiger partial charge in [0, 0.05) is 10.6 Å². The Bertz CT molecular complexity index is 1040. The molecule has 2 aromatic heterocycles. The summed E-state index contributed by atoms with van der Waals surface area (Å²) in [7, 11) is 0. The Morgan fingerprint density at radius 2 is 2.07 bits per heavy atom. The smallest absolute Gasteiger partial charge is 0.259 e. The lowest BCUT2D eigenvalue weighted by Gasteiger charge is -2.14. The van der Waals surface area contributed by atoms with Crippen molar-refractivity contribution in [2.45, 2.75) is 45.1 Å². The number of hydrogen-bond acceptors (Lipinski definition) is 5. The molecule has 0 radical (unpaired) electrons. The van der Waals surface area contributed by atoms with E-state index in [2.05, 4.69) is 22.2 Å². The number of fused-ring (bicyclic) bond motifs is 1. The number of thiophene rings is 1. The monoisotopic (exact) mass is 401 g/mol. The summed E-state index contributed by atoms with van der Waals surface area (Å²) in [4.78, 5) is 34.1. The van der Waals surface area contributed by atoms with E-state index in [-0.39, 0.29) is 16.7 Å². The molecule has 2 N–H and O–H groups in total. The molecule has 0 aliphatic heterocycles. The second-order valence-corrected chi connectivity index (χ2v) is 8.96. The number of amides is 1. The Kier molecular flexibility index (Phi) is 6.01. The first-order valence-corrected chi connectivity index (χ1v) is 10.8. The van der Waals surface area contributed by atoms with Crippen molar-refractivity contribution in [2.24, 2.45) is 0 Å². The highest BCUT2D eigenvalue weighted by atomic mass is 32.2. The Hall–Kier alpha value is -2.12. The van der Waals surface area contributed by atoms with Gasteiger partial charge in [0.2, 0.25) is 5.91 Å². The zero-order chi connectivity index (χ0) is 19.6. The normalized spacial score (nSPS) is 12.3. The van der Waals surface area contributed by atoms with E-state index >= 15 is 0 Å². The van der Waals surface area contributed by atoms with Gasteiger partial charge in [-0.15, -0.1) is 23.1 Å². The van der Waals surface area contributed by atoms with Gasteiger partial charge in [0.25, 0.3) is 5.56 Å². The maximum absolute atomic E-state index is 12.5. The highest BCUT2D eigenvalue weighted by Gasteiger charge is 2.17. The molecule has 5 nitrogen and oxygen atoms in total. The van der Waals surface area contributed by atoms with Crippen molar-refractivity contribution in [1.82, 2.24) is 9.97 Å². The lowest BCUT2D eigenvalue weighted by Crippen LogP contribution is -2.23. The number of thioether (sulfide) groups is 1. The highest BCUT2D eigenvalue weighted by molar-refractivity contribution is 7.99. The van der Waals surface area contributed by atoms with Crippen LogP contribution in [0, 0.1) is 13.8 Å². The molecule has 0 bridgehead atoms. The van der Waals surface area contributed by atoms with Gasteiger partial charge in [-0.2, -0.15) is 0 Å². The number of carbonyl (C=O) groups is 1. The highest BCUT2D eigenvalue weighted by Crippen LogP contribution is 2.26. The molecular formula is C20H23N3O2S2. The van der Waals surface area contributed by atoms with E-state index in [1.54, 1.807) is 0 Å². The van der Waals surface area contributed by atoms with Crippen LogP contribution >= 0.6 is 23.1 Å². The minimum atomic E-state index is -0.261. The van der Waals surface area contributed by atoms with E-state index < -0.39 is 0 Å².